The molecule has 0 aromatic carbocycles. The molecule has 338 valence electrons. The second kappa shape index (κ2) is 30.3. The molecule has 0 radical (unpaired) electrons. The summed E-state index contributed by atoms with van der Waals surface area (Å²) in [7, 11) is 0. The van der Waals surface area contributed by atoms with Crippen molar-refractivity contribution >= 4 is 52.5 Å². The highest BCUT2D eigenvalue weighted by Gasteiger charge is 2.55. The maximum atomic E-state index is 14.6. The summed E-state index contributed by atoms with van der Waals surface area (Å²) in [6, 6.07) is 0. The third-order valence-electron chi connectivity index (χ3n) is 10.4. The van der Waals surface area contributed by atoms with Crippen LogP contribution in [0.2, 0.25) is 0 Å². The van der Waals surface area contributed by atoms with Crippen molar-refractivity contribution in [1.29, 1.82) is 0 Å². The lowest BCUT2D eigenvalue weighted by atomic mass is 9.58. The van der Waals surface area contributed by atoms with Crippen molar-refractivity contribution in [3.63, 3.8) is 0 Å². The monoisotopic (exact) mass is 900 g/mol. The number of rotatable bonds is 35. The predicted octanol–water partition coefficient (Wildman–Crippen LogP) is 2.22. The normalized spacial score (nSPS) is 19.2. The Morgan fingerprint density at radius 1 is 0.633 bits per heavy atom. The highest BCUT2D eigenvalue weighted by Crippen LogP contribution is 2.64. The SMILES string of the molecule is C#CCOCCOCCNC(=O)CCC(CCC(=O)NCCOCCOCC#C)(CCC(=O)NCCOCCOCC#C)NC(=O)C12CCC(OP(O)(=S)SC)(CC1)CC2. The lowest BCUT2D eigenvalue weighted by Crippen LogP contribution is -2.59. The largest absolute Gasteiger partial charge is 0.377 e. The molecule has 3 aliphatic carbocycles. The number of hydrogen-bond donors (Lipinski definition) is 5. The first-order valence-electron chi connectivity index (χ1n) is 20.4. The van der Waals surface area contributed by atoms with E-state index in [0.717, 1.165) is 11.4 Å². The Morgan fingerprint density at radius 3 is 1.32 bits per heavy atom. The molecule has 3 fully saturated rings. The van der Waals surface area contributed by atoms with Crippen LogP contribution in [0.15, 0.2) is 0 Å². The molecule has 3 saturated carbocycles. The molecule has 5 N–H and O–H groups in total. The van der Waals surface area contributed by atoms with Gasteiger partial charge >= 0.3 is 0 Å². The molecule has 1 atom stereocenters. The van der Waals surface area contributed by atoms with Crippen LogP contribution in [0.3, 0.4) is 0 Å². The van der Waals surface area contributed by atoms with E-state index in [9.17, 15) is 24.1 Å². The summed E-state index contributed by atoms with van der Waals surface area (Å²) in [5, 5.41) is 11.9. The van der Waals surface area contributed by atoms with Crippen molar-refractivity contribution < 1.29 is 57.0 Å². The number of terminal acetylenes is 3. The van der Waals surface area contributed by atoms with Crippen LogP contribution >= 0.6 is 17.1 Å². The van der Waals surface area contributed by atoms with Crippen molar-refractivity contribution in [2.75, 3.05) is 105 Å². The first kappa shape index (κ1) is 53.4. The Hall–Kier alpha value is -2.76. The van der Waals surface area contributed by atoms with Gasteiger partial charge in [-0.3, -0.25) is 19.2 Å². The minimum Gasteiger partial charge on any atom is -0.377 e. The quantitative estimate of drug-likeness (QED) is 0.0352. The molecular weight excluding hydrogens is 836 g/mol. The zero-order valence-electron chi connectivity index (χ0n) is 35.0. The fourth-order valence-corrected chi connectivity index (χ4v) is 9.02. The van der Waals surface area contributed by atoms with E-state index < -0.39 is 22.2 Å². The first-order valence-corrected chi connectivity index (χ1v) is 24.9. The van der Waals surface area contributed by atoms with Gasteiger partial charge in [-0.05, 0) is 75.9 Å². The number of fused-ring (bicyclic) bond motifs is 3. The maximum absolute atomic E-state index is 14.6. The van der Waals surface area contributed by atoms with E-state index >= 15 is 0 Å². The zero-order chi connectivity index (χ0) is 44.0. The van der Waals surface area contributed by atoms with Crippen molar-refractivity contribution in [3.8, 4) is 37.0 Å². The van der Waals surface area contributed by atoms with Gasteiger partial charge < -0.3 is 59.1 Å². The van der Waals surface area contributed by atoms with Gasteiger partial charge in [-0.1, -0.05) is 29.1 Å². The van der Waals surface area contributed by atoms with Gasteiger partial charge in [0, 0.05) is 49.9 Å². The molecule has 0 spiro atoms. The highest BCUT2D eigenvalue weighted by atomic mass is 32.9. The van der Waals surface area contributed by atoms with Crippen molar-refractivity contribution in [2.45, 2.75) is 88.2 Å². The Balaban J connectivity index is 2.19. The summed E-state index contributed by atoms with van der Waals surface area (Å²) in [5.74, 6) is 6.14. The fourth-order valence-electron chi connectivity index (χ4n) is 7.01. The molecule has 0 aliphatic heterocycles. The molecule has 1 unspecified atom stereocenters. The summed E-state index contributed by atoms with van der Waals surface area (Å²) >= 11 is 6.48. The van der Waals surface area contributed by atoms with Gasteiger partial charge in [-0.15, -0.1) is 19.3 Å². The molecule has 19 heteroatoms. The lowest BCUT2D eigenvalue weighted by molar-refractivity contribution is -0.148. The van der Waals surface area contributed by atoms with Crippen LogP contribution in [0.5, 0.6) is 0 Å². The number of ether oxygens (including phenoxy) is 6. The third kappa shape index (κ3) is 21.9. The average molecular weight is 901 g/mol. The van der Waals surface area contributed by atoms with Crippen LogP contribution in [0.1, 0.15) is 77.0 Å². The minimum absolute atomic E-state index is 0.0136. The standard InChI is InChI=1S/C41H65N4O12PS2/c1-5-23-51-29-32-54-26-20-42-35(46)8-11-40(12-9-36(47)43-21-27-55-33-30-52-24-6-2,13-10-37(48)44-22-28-56-34-31-53-25-7-3)45-38(49)39-14-17-41(18-15-39,19-16-39)57-58(50,59)60-4/h1-3H,8-34H2,4H3,(H,42,46)(H,43,47)(H,44,48)(H,45,49)(H,50,59). The van der Waals surface area contributed by atoms with E-state index in [2.05, 4.69) is 39.0 Å². The van der Waals surface area contributed by atoms with Crippen molar-refractivity contribution in [1.82, 2.24) is 21.3 Å². The van der Waals surface area contributed by atoms with Crippen LogP contribution in [0.25, 0.3) is 0 Å². The summed E-state index contributed by atoms with van der Waals surface area (Å²) in [6.45, 7) is 4.03. The third-order valence-corrected chi connectivity index (χ3v) is 14.7. The molecule has 3 rings (SSSR count). The summed E-state index contributed by atoms with van der Waals surface area (Å²) < 4.78 is 38.2. The molecule has 0 aromatic heterocycles. The van der Waals surface area contributed by atoms with Gasteiger partial charge in [0.25, 0.3) is 0 Å². The second-order valence-corrected chi connectivity index (χ2v) is 20.8. The molecule has 0 saturated heterocycles. The molecule has 60 heavy (non-hydrogen) atoms. The van der Waals surface area contributed by atoms with E-state index in [1.54, 1.807) is 6.26 Å². The van der Waals surface area contributed by atoms with Crippen molar-refractivity contribution in [2.24, 2.45) is 5.41 Å². The van der Waals surface area contributed by atoms with E-state index in [4.69, 9.17) is 64.0 Å². The van der Waals surface area contributed by atoms with Crippen LogP contribution in [0, 0.1) is 42.4 Å². The minimum atomic E-state index is -3.01. The summed E-state index contributed by atoms with van der Waals surface area (Å²) in [5.41, 5.74) is -5.41. The topological polar surface area (TPSA) is 201 Å². The summed E-state index contributed by atoms with van der Waals surface area (Å²) in [6.07, 6.45) is 21.1. The Morgan fingerprint density at radius 2 is 0.983 bits per heavy atom. The van der Waals surface area contributed by atoms with Gasteiger partial charge in [-0.2, -0.15) is 0 Å². The average Bonchev–Trinajstić information content (AvgIpc) is 3.24. The number of amides is 4. The Kier molecular flexibility index (Phi) is 27.0. The van der Waals surface area contributed by atoms with Gasteiger partial charge in [0.05, 0.1) is 65.1 Å². The highest BCUT2D eigenvalue weighted by molar-refractivity contribution is 8.67. The number of carbonyl (C=O) groups excluding carboxylic acids is 4. The first-order chi connectivity index (χ1) is 28.9. The predicted molar refractivity (Wildman–Crippen MR) is 233 cm³/mol. The molecule has 2 bridgehead atoms. The van der Waals surface area contributed by atoms with Gasteiger partial charge in [0.2, 0.25) is 29.3 Å². The molecule has 0 heterocycles. The fraction of sp³-hybridized carbons (Fsp3) is 0.756. The number of hydrogen-bond acceptors (Lipinski definition) is 13. The number of nitrogens with one attached hydrogen (secondary N) is 4. The summed E-state index contributed by atoms with van der Waals surface area (Å²) in [4.78, 5) is 64.8. The number of carbonyl (C=O) groups is 4. The van der Waals surface area contributed by atoms with E-state index in [1.165, 1.54) is 0 Å². The lowest BCUT2D eigenvalue weighted by Gasteiger charge is -2.53. The molecule has 3 aliphatic rings. The molecule has 16 nitrogen and oxygen atoms in total. The van der Waals surface area contributed by atoms with Crippen LogP contribution in [-0.4, -0.2) is 145 Å². The molecular formula is C41H65N4O12PS2. The second-order valence-electron chi connectivity index (χ2n) is 14.6. The van der Waals surface area contributed by atoms with E-state index in [1.807, 2.05) is 0 Å². The van der Waals surface area contributed by atoms with Crippen LogP contribution < -0.4 is 21.3 Å². The maximum Gasteiger partial charge on any atom is 0.244 e. The molecule has 4 amide bonds. The molecule has 0 aromatic rings. The van der Waals surface area contributed by atoms with E-state index in [-0.39, 0.29) is 121 Å². The smallest absolute Gasteiger partial charge is 0.244 e. The van der Waals surface area contributed by atoms with Gasteiger partial charge in [-0.25, -0.2) is 0 Å². The Labute approximate surface area is 365 Å². The van der Waals surface area contributed by atoms with Gasteiger partial charge in [0.15, 0.2) is 0 Å². The van der Waals surface area contributed by atoms with Crippen molar-refractivity contribution in [3.05, 3.63) is 0 Å². The van der Waals surface area contributed by atoms with Gasteiger partial charge in [0.1, 0.15) is 19.8 Å². The van der Waals surface area contributed by atoms with Crippen LogP contribution in [-0.2, 0) is 63.9 Å². The Bertz CT molecular complexity index is 1360. The van der Waals surface area contributed by atoms with Crippen LogP contribution in [0.4, 0.5) is 0 Å². The van der Waals surface area contributed by atoms with E-state index in [0.29, 0.717) is 78.2 Å². The zero-order valence-corrected chi connectivity index (χ0v) is 37.6.